The Hall–Kier alpha value is -1.57. The van der Waals surface area contributed by atoms with Crippen LogP contribution in [0.15, 0.2) is 11.0 Å². The summed E-state index contributed by atoms with van der Waals surface area (Å²) in [5.74, 6) is -0.968. The Morgan fingerprint density at radius 1 is 1.19 bits per heavy atom. The maximum absolute atomic E-state index is 12.8. The Balaban J connectivity index is 1.73. The molecular weight excluding hydrogens is 426 g/mol. The molecule has 3 rings (SSSR count). The van der Waals surface area contributed by atoms with Crippen molar-refractivity contribution in [2.45, 2.75) is 97.6 Å². The van der Waals surface area contributed by atoms with Crippen molar-refractivity contribution in [2.75, 3.05) is 0 Å². The molecule has 32 heavy (non-hydrogen) atoms. The molecule has 0 amide bonds. The molecule has 7 heteroatoms. The molecule has 0 saturated carbocycles. The first kappa shape index (κ1) is 25.1. The number of carbonyl (C=O) groups is 2. The summed E-state index contributed by atoms with van der Waals surface area (Å²) < 4.78 is 11.7. The number of aromatic nitrogens is 1. The number of aliphatic hydroxyl groups excluding tert-OH is 1. The average molecular weight is 464 g/mol. The summed E-state index contributed by atoms with van der Waals surface area (Å²) in [4.78, 5) is 29.9. The summed E-state index contributed by atoms with van der Waals surface area (Å²) in [6.07, 6.45) is 5.15. The minimum atomic E-state index is -0.660. The standard InChI is InChI=1S/C25H37NO5S/c1-14-7-6-8-20-22(30-20)12-21(16(3)11-19-13-32-18(5)26-19)31-23(27)10-9-15(2)25(29)17(4)24(14)28/h11,13-15,17,20-22,24,28H,6-10,12H2,1-5H3/b16-11+/t14-,15+,17+,20?,21?,22?,24-/m0/s1. The molecule has 6 nitrogen and oxygen atoms in total. The van der Waals surface area contributed by atoms with Crippen molar-refractivity contribution in [1.82, 2.24) is 4.98 Å². The fourth-order valence-electron chi connectivity index (χ4n) is 4.57. The van der Waals surface area contributed by atoms with Gasteiger partial charge in [0.2, 0.25) is 0 Å². The lowest BCUT2D eigenvalue weighted by Crippen LogP contribution is -2.34. The highest BCUT2D eigenvalue weighted by Crippen LogP contribution is 2.35. The van der Waals surface area contributed by atoms with E-state index in [0.29, 0.717) is 12.8 Å². The van der Waals surface area contributed by atoms with Gasteiger partial charge in [-0.2, -0.15) is 0 Å². The molecule has 2 fully saturated rings. The summed E-state index contributed by atoms with van der Waals surface area (Å²) in [5.41, 5.74) is 1.83. The average Bonchev–Trinajstić information content (AvgIpc) is 3.37. The van der Waals surface area contributed by atoms with Crippen LogP contribution >= 0.6 is 11.3 Å². The van der Waals surface area contributed by atoms with Gasteiger partial charge in [-0.25, -0.2) is 4.98 Å². The zero-order valence-electron chi connectivity index (χ0n) is 19.9. The largest absolute Gasteiger partial charge is 0.458 e. The van der Waals surface area contributed by atoms with Gasteiger partial charge in [0.05, 0.1) is 29.0 Å². The lowest BCUT2D eigenvalue weighted by molar-refractivity contribution is -0.148. The zero-order valence-corrected chi connectivity index (χ0v) is 20.7. The molecule has 3 unspecified atom stereocenters. The van der Waals surface area contributed by atoms with E-state index in [9.17, 15) is 14.7 Å². The SMILES string of the molecule is C/C(=C\c1csc(C)n1)C1CC2OC2CCC[C@H](C)[C@H](O)[C@@H](C)C(=O)[C@H](C)CCC(=O)O1. The van der Waals surface area contributed by atoms with Crippen molar-refractivity contribution < 1.29 is 24.2 Å². The molecule has 0 aromatic carbocycles. The summed E-state index contributed by atoms with van der Waals surface area (Å²) in [7, 11) is 0. The van der Waals surface area contributed by atoms with Gasteiger partial charge in [-0.05, 0) is 50.7 Å². The number of aliphatic hydroxyl groups is 1. The van der Waals surface area contributed by atoms with Gasteiger partial charge >= 0.3 is 5.97 Å². The third-order valence-electron chi connectivity index (χ3n) is 6.89. The number of rotatable bonds is 2. The van der Waals surface area contributed by atoms with Crippen molar-refractivity contribution in [3.63, 3.8) is 0 Å². The first-order valence-corrected chi connectivity index (χ1v) is 12.7. The molecule has 2 aliphatic rings. The second kappa shape index (κ2) is 11.0. The summed E-state index contributed by atoms with van der Waals surface area (Å²) >= 11 is 1.59. The predicted molar refractivity (Wildman–Crippen MR) is 125 cm³/mol. The number of Topliss-reactive ketones (excluding diaryl/α,β-unsaturated/α-hetero) is 1. The van der Waals surface area contributed by atoms with E-state index in [-0.39, 0.29) is 48.3 Å². The van der Waals surface area contributed by atoms with Gasteiger partial charge in [0.25, 0.3) is 0 Å². The van der Waals surface area contributed by atoms with Gasteiger partial charge < -0.3 is 14.6 Å². The highest BCUT2D eigenvalue weighted by atomic mass is 32.1. The van der Waals surface area contributed by atoms with Crippen LogP contribution < -0.4 is 0 Å². The number of fused-ring (bicyclic) bond motifs is 1. The molecule has 0 aliphatic carbocycles. The first-order chi connectivity index (χ1) is 15.2. The van der Waals surface area contributed by atoms with Crippen LogP contribution in [0, 0.1) is 24.7 Å². The van der Waals surface area contributed by atoms with Crippen molar-refractivity contribution >= 4 is 29.2 Å². The quantitative estimate of drug-likeness (QED) is 0.504. The van der Waals surface area contributed by atoms with Gasteiger partial charge in [0.1, 0.15) is 11.9 Å². The number of ketones is 1. The van der Waals surface area contributed by atoms with E-state index in [1.807, 2.05) is 39.2 Å². The Morgan fingerprint density at radius 3 is 2.62 bits per heavy atom. The molecule has 2 saturated heterocycles. The molecule has 1 N–H and O–H groups in total. The molecule has 0 bridgehead atoms. The Labute approximate surface area is 195 Å². The molecule has 1 aromatic heterocycles. The van der Waals surface area contributed by atoms with Gasteiger partial charge in [-0.3, -0.25) is 9.59 Å². The van der Waals surface area contributed by atoms with Crippen molar-refractivity contribution in [3.8, 4) is 0 Å². The Kier molecular flexibility index (Phi) is 8.64. The maximum atomic E-state index is 12.8. The fourth-order valence-corrected chi connectivity index (χ4v) is 5.14. The van der Waals surface area contributed by atoms with E-state index >= 15 is 0 Å². The first-order valence-electron chi connectivity index (χ1n) is 11.8. The number of cyclic esters (lactones) is 1. The maximum Gasteiger partial charge on any atom is 0.306 e. The number of carbonyl (C=O) groups excluding carboxylic acids is 2. The van der Waals surface area contributed by atoms with Crippen LogP contribution in [0.4, 0.5) is 0 Å². The highest BCUT2D eigenvalue weighted by molar-refractivity contribution is 7.09. The molecule has 3 heterocycles. The zero-order chi connectivity index (χ0) is 23.4. The van der Waals surface area contributed by atoms with E-state index in [2.05, 4.69) is 4.98 Å². The molecule has 178 valence electrons. The highest BCUT2D eigenvalue weighted by Gasteiger charge is 2.41. The van der Waals surface area contributed by atoms with Crippen LogP contribution in [0.3, 0.4) is 0 Å². The van der Waals surface area contributed by atoms with Crippen LogP contribution in [0.1, 0.15) is 76.9 Å². The molecule has 0 spiro atoms. The van der Waals surface area contributed by atoms with Crippen molar-refractivity contribution in [2.24, 2.45) is 17.8 Å². The van der Waals surface area contributed by atoms with Gasteiger partial charge in [-0.1, -0.05) is 27.2 Å². The van der Waals surface area contributed by atoms with E-state index in [1.165, 1.54) is 0 Å². The number of hydrogen-bond acceptors (Lipinski definition) is 7. The topological polar surface area (TPSA) is 89.0 Å². The number of esters is 1. The van der Waals surface area contributed by atoms with Crippen molar-refractivity contribution in [3.05, 3.63) is 21.7 Å². The monoisotopic (exact) mass is 463 g/mol. The summed E-state index contributed by atoms with van der Waals surface area (Å²) in [6.45, 7) is 9.58. The number of nitrogens with zero attached hydrogens (tertiary/aromatic N) is 1. The number of thiazole rings is 1. The minimum absolute atomic E-state index is 0.0152. The molecule has 2 aliphatic heterocycles. The normalized spacial score (nSPS) is 35.8. The number of ether oxygens (including phenoxy) is 2. The number of hydrogen-bond donors (Lipinski definition) is 1. The van der Waals surface area contributed by atoms with E-state index < -0.39 is 12.0 Å². The molecule has 7 atom stereocenters. The Bertz CT molecular complexity index is 834. The number of epoxide rings is 1. The molecule has 0 radical (unpaired) electrons. The lowest BCUT2D eigenvalue weighted by Gasteiger charge is -2.26. The third-order valence-corrected chi connectivity index (χ3v) is 7.68. The van der Waals surface area contributed by atoms with E-state index in [0.717, 1.165) is 35.5 Å². The van der Waals surface area contributed by atoms with Gasteiger partial charge in [0.15, 0.2) is 0 Å². The number of aryl methyl sites for hydroxylation is 1. The lowest BCUT2D eigenvalue weighted by atomic mass is 9.82. The van der Waals surface area contributed by atoms with Crippen LogP contribution in [0.5, 0.6) is 0 Å². The van der Waals surface area contributed by atoms with Crippen LogP contribution in [0.2, 0.25) is 0 Å². The third kappa shape index (κ3) is 6.72. The Morgan fingerprint density at radius 2 is 1.94 bits per heavy atom. The smallest absolute Gasteiger partial charge is 0.306 e. The molecular formula is C25H37NO5S. The van der Waals surface area contributed by atoms with Crippen LogP contribution in [0.25, 0.3) is 6.08 Å². The van der Waals surface area contributed by atoms with E-state index in [1.54, 1.807) is 18.3 Å². The van der Waals surface area contributed by atoms with Crippen LogP contribution in [-0.4, -0.2) is 46.3 Å². The van der Waals surface area contributed by atoms with Crippen molar-refractivity contribution in [1.29, 1.82) is 0 Å². The van der Waals surface area contributed by atoms with Gasteiger partial charge in [0, 0.05) is 30.1 Å². The minimum Gasteiger partial charge on any atom is -0.458 e. The summed E-state index contributed by atoms with van der Waals surface area (Å²) in [5, 5.41) is 13.6. The van der Waals surface area contributed by atoms with Crippen LogP contribution in [-0.2, 0) is 19.1 Å². The summed E-state index contributed by atoms with van der Waals surface area (Å²) in [6, 6.07) is 0. The van der Waals surface area contributed by atoms with E-state index in [4.69, 9.17) is 9.47 Å². The molecule has 1 aromatic rings. The van der Waals surface area contributed by atoms with Gasteiger partial charge in [-0.15, -0.1) is 11.3 Å². The second-order valence-electron chi connectivity index (χ2n) is 9.64. The second-order valence-corrected chi connectivity index (χ2v) is 10.7. The predicted octanol–water partition coefficient (Wildman–Crippen LogP) is 4.73. The fraction of sp³-hybridized carbons (Fsp3) is 0.720.